The molecule has 0 bridgehead atoms. The van der Waals surface area contributed by atoms with E-state index in [2.05, 4.69) is 29.6 Å². The Morgan fingerprint density at radius 2 is 1.69 bits per heavy atom. The van der Waals surface area contributed by atoms with Gasteiger partial charge in [0.15, 0.2) is 0 Å². The number of aliphatic carboxylic acids is 1. The number of fused-ring (bicyclic) bond motifs is 3. The van der Waals surface area contributed by atoms with Crippen molar-refractivity contribution in [2.75, 3.05) is 13.2 Å². The Labute approximate surface area is 205 Å². The molecule has 3 aliphatic rings. The van der Waals surface area contributed by atoms with E-state index >= 15 is 0 Å². The van der Waals surface area contributed by atoms with Crippen LogP contribution in [0.4, 0.5) is 4.79 Å². The fourth-order valence-corrected chi connectivity index (χ4v) is 6.11. The molecule has 1 aliphatic heterocycles. The number of amides is 2. The van der Waals surface area contributed by atoms with Gasteiger partial charge in [-0.3, -0.25) is 4.79 Å². The predicted octanol–water partition coefficient (Wildman–Crippen LogP) is 4.55. The van der Waals surface area contributed by atoms with Crippen molar-refractivity contribution < 1.29 is 24.2 Å². The van der Waals surface area contributed by atoms with E-state index in [1.165, 1.54) is 16.0 Å². The summed E-state index contributed by atoms with van der Waals surface area (Å²) in [6, 6.07) is 16.3. The Morgan fingerprint density at radius 1 is 1.03 bits per heavy atom. The Hall–Kier alpha value is -3.35. The van der Waals surface area contributed by atoms with Crippen LogP contribution in [-0.4, -0.2) is 52.7 Å². The largest absolute Gasteiger partial charge is 0.480 e. The third kappa shape index (κ3) is 4.28. The summed E-state index contributed by atoms with van der Waals surface area (Å²) in [6.07, 6.45) is 3.52. The zero-order valence-electron chi connectivity index (χ0n) is 20.0. The highest BCUT2D eigenvalue weighted by Gasteiger charge is 2.47. The van der Waals surface area contributed by atoms with Gasteiger partial charge in [0.05, 0.1) is 0 Å². The van der Waals surface area contributed by atoms with Crippen LogP contribution in [0.5, 0.6) is 0 Å². The van der Waals surface area contributed by atoms with Crippen LogP contribution >= 0.6 is 0 Å². The summed E-state index contributed by atoms with van der Waals surface area (Å²) >= 11 is 0. The summed E-state index contributed by atoms with van der Waals surface area (Å²) < 4.78 is 5.68. The van der Waals surface area contributed by atoms with Crippen molar-refractivity contribution in [2.24, 2.45) is 5.92 Å². The summed E-state index contributed by atoms with van der Waals surface area (Å²) in [4.78, 5) is 39.3. The molecule has 7 heteroatoms. The monoisotopic (exact) mass is 476 g/mol. The second-order valence-electron chi connectivity index (χ2n) is 10.2. The lowest BCUT2D eigenvalue weighted by Crippen LogP contribution is -2.53. The van der Waals surface area contributed by atoms with Gasteiger partial charge in [0.25, 0.3) is 0 Å². The highest BCUT2D eigenvalue weighted by Crippen LogP contribution is 2.44. The molecule has 0 unspecified atom stereocenters. The molecule has 1 heterocycles. The SMILES string of the molecule is C[C@@]1(C(=O)O)CCCN1C(=O)[C@@H]1CCC[C@H](NC(=O)OCC2c3ccccc3-c3ccccc32)C1. The molecule has 2 N–H and O–H groups in total. The first-order valence-corrected chi connectivity index (χ1v) is 12.5. The van der Waals surface area contributed by atoms with Crippen molar-refractivity contribution >= 4 is 18.0 Å². The molecule has 35 heavy (non-hydrogen) atoms. The first-order chi connectivity index (χ1) is 16.9. The summed E-state index contributed by atoms with van der Waals surface area (Å²) in [7, 11) is 0. The van der Waals surface area contributed by atoms with Gasteiger partial charge in [-0.25, -0.2) is 9.59 Å². The Bertz CT molecular complexity index is 1100. The molecule has 2 fully saturated rings. The van der Waals surface area contributed by atoms with Crippen LogP contribution in [-0.2, 0) is 14.3 Å². The van der Waals surface area contributed by atoms with Crippen molar-refractivity contribution in [1.29, 1.82) is 0 Å². The number of alkyl carbamates (subject to hydrolysis) is 1. The molecule has 5 rings (SSSR count). The second kappa shape index (κ2) is 9.36. The Balaban J connectivity index is 1.19. The van der Waals surface area contributed by atoms with Gasteiger partial charge in [0, 0.05) is 24.4 Å². The number of benzene rings is 2. The van der Waals surface area contributed by atoms with Crippen LogP contribution in [0, 0.1) is 5.92 Å². The average molecular weight is 477 g/mol. The van der Waals surface area contributed by atoms with Crippen molar-refractivity contribution in [2.45, 2.75) is 62.9 Å². The number of hydrogen-bond acceptors (Lipinski definition) is 4. The second-order valence-corrected chi connectivity index (χ2v) is 10.2. The fourth-order valence-electron chi connectivity index (χ4n) is 6.11. The normalized spacial score (nSPS) is 25.6. The molecule has 0 spiro atoms. The van der Waals surface area contributed by atoms with Crippen molar-refractivity contribution in [3.63, 3.8) is 0 Å². The Morgan fingerprint density at radius 3 is 2.34 bits per heavy atom. The number of carboxylic acid groups (broad SMARTS) is 1. The minimum Gasteiger partial charge on any atom is -0.480 e. The molecule has 184 valence electrons. The lowest BCUT2D eigenvalue weighted by Gasteiger charge is -2.36. The van der Waals surface area contributed by atoms with Crippen LogP contribution in [0.2, 0.25) is 0 Å². The topological polar surface area (TPSA) is 95.9 Å². The fraction of sp³-hybridized carbons (Fsp3) is 0.464. The molecule has 0 aromatic heterocycles. The number of likely N-dealkylation sites (tertiary alicyclic amines) is 1. The predicted molar refractivity (Wildman–Crippen MR) is 131 cm³/mol. The highest BCUT2D eigenvalue weighted by atomic mass is 16.5. The van der Waals surface area contributed by atoms with Gasteiger partial charge in [-0.05, 0) is 61.3 Å². The van der Waals surface area contributed by atoms with E-state index in [1.807, 2.05) is 24.3 Å². The van der Waals surface area contributed by atoms with Crippen LogP contribution in [0.25, 0.3) is 11.1 Å². The number of nitrogens with one attached hydrogen (secondary N) is 1. The van der Waals surface area contributed by atoms with Crippen LogP contribution in [0.15, 0.2) is 48.5 Å². The lowest BCUT2D eigenvalue weighted by atomic mass is 9.84. The van der Waals surface area contributed by atoms with Gasteiger partial charge in [-0.1, -0.05) is 55.0 Å². The number of hydrogen-bond donors (Lipinski definition) is 2. The Kier molecular flexibility index (Phi) is 6.26. The van der Waals surface area contributed by atoms with Crippen LogP contribution < -0.4 is 5.32 Å². The van der Waals surface area contributed by atoms with Gasteiger partial charge in [-0.2, -0.15) is 0 Å². The molecule has 2 aliphatic carbocycles. The smallest absolute Gasteiger partial charge is 0.407 e. The lowest BCUT2D eigenvalue weighted by molar-refractivity contribution is -0.157. The first kappa shape index (κ1) is 23.4. The molecular weight excluding hydrogens is 444 g/mol. The zero-order valence-corrected chi connectivity index (χ0v) is 20.0. The quantitative estimate of drug-likeness (QED) is 0.660. The van der Waals surface area contributed by atoms with E-state index < -0.39 is 17.6 Å². The van der Waals surface area contributed by atoms with E-state index in [1.54, 1.807) is 6.92 Å². The van der Waals surface area contributed by atoms with E-state index in [-0.39, 0.29) is 30.4 Å². The van der Waals surface area contributed by atoms with Crippen molar-refractivity contribution in [3.05, 3.63) is 59.7 Å². The van der Waals surface area contributed by atoms with Crippen LogP contribution in [0.1, 0.15) is 62.5 Å². The van der Waals surface area contributed by atoms with Crippen LogP contribution in [0.3, 0.4) is 0 Å². The molecule has 2 amide bonds. The molecule has 3 atom stereocenters. The maximum absolute atomic E-state index is 13.2. The maximum atomic E-state index is 13.2. The molecule has 1 saturated heterocycles. The number of rotatable bonds is 5. The number of ether oxygens (including phenoxy) is 1. The summed E-state index contributed by atoms with van der Waals surface area (Å²) in [5.74, 6) is -1.34. The maximum Gasteiger partial charge on any atom is 0.407 e. The van der Waals surface area contributed by atoms with E-state index in [9.17, 15) is 19.5 Å². The van der Waals surface area contributed by atoms with E-state index in [0.29, 0.717) is 32.2 Å². The van der Waals surface area contributed by atoms with Crippen molar-refractivity contribution in [1.82, 2.24) is 10.2 Å². The van der Waals surface area contributed by atoms with Gasteiger partial charge >= 0.3 is 12.1 Å². The molecule has 7 nitrogen and oxygen atoms in total. The van der Waals surface area contributed by atoms with Gasteiger partial charge in [0.1, 0.15) is 12.1 Å². The van der Waals surface area contributed by atoms with Crippen molar-refractivity contribution in [3.8, 4) is 11.1 Å². The number of carbonyl (C=O) groups excluding carboxylic acids is 2. The molecule has 1 saturated carbocycles. The van der Waals surface area contributed by atoms with Gasteiger partial charge in [0.2, 0.25) is 5.91 Å². The minimum atomic E-state index is -1.13. The molecule has 2 aromatic carbocycles. The first-order valence-electron chi connectivity index (χ1n) is 12.5. The summed E-state index contributed by atoms with van der Waals surface area (Å²) in [5.41, 5.74) is 3.56. The van der Waals surface area contributed by atoms with E-state index in [4.69, 9.17) is 4.74 Å². The minimum absolute atomic E-state index is 0.00213. The summed E-state index contributed by atoms with van der Waals surface area (Å²) in [6.45, 7) is 2.36. The van der Waals surface area contributed by atoms with Gasteiger partial charge < -0.3 is 20.1 Å². The molecular formula is C28H32N2O5. The number of nitrogens with zero attached hydrogens (tertiary/aromatic N) is 1. The third-order valence-corrected chi connectivity index (χ3v) is 8.06. The standard InChI is InChI=1S/C28H32N2O5/c1-28(26(32)33)14-7-15-30(28)25(31)18-8-6-9-19(16-18)29-27(34)35-17-24-22-12-4-2-10-20(22)21-11-3-5-13-23(21)24/h2-5,10-13,18-19,24H,6-9,14-17H2,1H3,(H,29,34)(H,32,33)/t18-,19+,28+/m1/s1. The average Bonchev–Trinajstić information content (AvgIpc) is 3.41. The zero-order chi connectivity index (χ0) is 24.6. The summed E-state index contributed by atoms with van der Waals surface area (Å²) in [5, 5.41) is 12.6. The van der Waals surface area contributed by atoms with E-state index in [0.717, 1.165) is 24.0 Å². The number of carbonyl (C=O) groups is 3. The molecule has 0 radical (unpaired) electrons. The van der Waals surface area contributed by atoms with Gasteiger partial charge in [-0.15, -0.1) is 0 Å². The number of carboxylic acids is 1. The third-order valence-electron chi connectivity index (χ3n) is 8.06. The molecule has 2 aromatic rings. The highest BCUT2D eigenvalue weighted by molar-refractivity contribution is 5.88.